The van der Waals surface area contributed by atoms with E-state index in [2.05, 4.69) is 9.88 Å². The van der Waals surface area contributed by atoms with Gasteiger partial charge in [0, 0.05) is 59.3 Å². The maximum atomic E-state index is 12.6. The highest BCUT2D eigenvalue weighted by molar-refractivity contribution is 5.87. The predicted molar refractivity (Wildman–Crippen MR) is 93.2 cm³/mol. The maximum Gasteiger partial charge on any atom is 0.252 e. The number of nitrogens with zero attached hydrogens (tertiary/aromatic N) is 5. The Bertz CT molecular complexity index is 609. The van der Waals surface area contributed by atoms with Crippen molar-refractivity contribution in [1.29, 1.82) is 0 Å². The second kappa shape index (κ2) is 7.86. The van der Waals surface area contributed by atoms with Gasteiger partial charge in [-0.1, -0.05) is 0 Å². The van der Waals surface area contributed by atoms with Crippen LogP contribution in [0, 0.1) is 0 Å². The standard InChI is InChI=1S/C17H27N5O3/c1-19-8-6-18-17(19)21-11-9-20(10-12-21)15(23)13-22-7-4-3-5-14(25-2)16(22)24/h6,8,14H,3-5,7,9-13H2,1-2H3. The summed E-state index contributed by atoms with van der Waals surface area (Å²) in [5, 5.41) is 0. The van der Waals surface area contributed by atoms with Crippen molar-refractivity contribution in [1.82, 2.24) is 19.4 Å². The average molecular weight is 349 g/mol. The zero-order valence-corrected chi connectivity index (χ0v) is 15.1. The van der Waals surface area contributed by atoms with E-state index in [1.807, 2.05) is 22.7 Å². The molecule has 3 heterocycles. The molecule has 2 aliphatic heterocycles. The Labute approximate surface area is 148 Å². The summed E-state index contributed by atoms with van der Waals surface area (Å²) in [5.74, 6) is 0.891. The zero-order chi connectivity index (χ0) is 17.8. The Kier molecular flexibility index (Phi) is 5.57. The number of amides is 2. The van der Waals surface area contributed by atoms with Crippen LogP contribution in [0.15, 0.2) is 12.4 Å². The third-order valence-electron chi connectivity index (χ3n) is 5.05. The van der Waals surface area contributed by atoms with Crippen LogP contribution in [-0.4, -0.2) is 83.6 Å². The number of carbonyl (C=O) groups is 2. The molecule has 2 saturated heterocycles. The van der Waals surface area contributed by atoms with Crippen LogP contribution in [-0.2, 0) is 21.4 Å². The molecule has 1 atom stereocenters. The lowest BCUT2D eigenvalue weighted by Crippen LogP contribution is -2.53. The minimum absolute atomic E-state index is 0.0181. The maximum absolute atomic E-state index is 12.6. The second-order valence-electron chi connectivity index (χ2n) is 6.69. The molecule has 0 aromatic carbocycles. The third-order valence-corrected chi connectivity index (χ3v) is 5.05. The number of anilines is 1. The van der Waals surface area contributed by atoms with Crippen LogP contribution in [0.4, 0.5) is 5.95 Å². The molecule has 3 rings (SSSR count). The summed E-state index contributed by atoms with van der Waals surface area (Å²) in [6, 6.07) is 0. The number of methoxy groups -OCH3 is 1. The lowest BCUT2D eigenvalue weighted by atomic mass is 10.2. The quantitative estimate of drug-likeness (QED) is 0.771. The number of hydrogen-bond acceptors (Lipinski definition) is 5. The zero-order valence-electron chi connectivity index (χ0n) is 15.1. The summed E-state index contributed by atoms with van der Waals surface area (Å²) in [4.78, 5) is 35.1. The summed E-state index contributed by atoms with van der Waals surface area (Å²) < 4.78 is 7.26. The highest BCUT2D eigenvalue weighted by Gasteiger charge is 2.30. The summed E-state index contributed by atoms with van der Waals surface area (Å²) in [6.45, 7) is 3.61. The number of likely N-dealkylation sites (tertiary alicyclic amines) is 1. The summed E-state index contributed by atoms with van der Waals surface area (Å²) in [5.41, 5.74) is 0. The number of imidazole rings is 1. The number of aryl methyl sites for hydroxylation is 1. The Balaban J connectivity index is 1.54. The number of piperazine rings is 1. The van der Waals surface area contributed by atoms with Gasteiger partial charge in [0.2, 0.25) is 11.9 Å². The molecule has 2 aliphatic rings. The number of hydrogen-bond donors (Lipinski definition) is 0. The molecule has 2 fully saturated rings. The van der Waals surface area contributed by atoms with Crippen molar-refractivity contribution in [2.45, 2.75) is 25.4 Å². The van der Waals surface area contributed by atoms with Gasteiger partial charge in [-0.05, 0) is 19.3 Å². The Morgan fingerprint density at radius 3 is 2.64 bits per heavy atom. The van der Waals surface area contributed by atoms with Crippen molar-refractivity contribution < 1.29 is 14.3 Å². The van der Waals surface area contributed by atoms with Gasteiger partial charge in [0.25, 0.3) is 5.91 Å². The molecule has 0 spiro atoms. The lowest BCUT2D eigenvalue weighted by Gasteiger charge is -2.36. The van der Waals surface area contributed by atoms with Gasteiger partial charge in [-0.15, -0.1) is 0 Å². The Morgan fingerprint density at radius 2 is 2.00 bits per heavy atom. The Hall–Kier alpha value is -2.09. The normalized spacial score (nSPS) is 22.2. The van der Waals surface area contributed by atoms with E-state index in [9.17, 15) is 9.59 Å². The minimum atomic E-state index is -0.407. The first-order valence-electron chi connectivity index (χ1n) is 8.92. The van der Waals surface area contributed by atoms with Gasteiger partial charge in [-0.2, -0.15) is 0 Å². The van der Waals surface area contributed by atoms with E-state index >= 15 is 0 Å². The molecule has 0 saturated carbocycles. The van der Waals surface area contributed by atoms with Crippen LogP contribution < -0.4 is 4.90 Å². The first-order valence-corrected chi connectivity index (χ1v) is 8.92. The molecule has 0 N–H and O–H groups in total. The highest BCUT2D eigenvalue weighted by Crippen LogP contribution is 2.16. The molecule has 0 radical (unpaired) electrons. The fourth-order valence-electron chi connectivity index (χ4n) is 3.53. The van der Waals surface area contributed by atoms with Gasteiger partial charge in [-0.3, -0.25) is 9.59 Å². The number of ether oxygens (including phenoxy) is 1. The van der Waals surface area contributed by atoms with Crippen molar-refractivity contribution in [3.8, 4) is 0 Å². The van der Waals surface area contributed by atoms with Gasteiger partial charge in [0.15, 0.2) is 0 Å². The van der Waals surface area contributed by atoms with Crippen LogP contribution in [0.3, 0.4) is 0 Å². The summed E-state index contributed by atoms with van der Waals surface area (Å²) in [6.07, 6.45) is 5.91. The van der Waals surface area contributed by atoms with E-state index in [-0.39, 0.29) is 18.4 Å². The molecule has 2 amide bonds. The van der Waals surface area contributed by atoms with E-state index in [0.717, 1.165) is 38.3 Å². The molecule has 25 heavy (non-hydrogen) atoms. The first kappa shape index (κ1) is 17.7. The summed E-state index contributed by atoms with van der Waals surface area (Å²) in [7, 11) is 3.53. The van der Waals surface area contributed by atoms with Gasteiger partial charge >= 0.3 is 0 Å². The smallest absolute Gasteiger partial charge is 0.252 e. The molecule has 8 heteroatoms. The molecule has 0 bridgehead atoms. The van der Waals surface area contributed by atoms with E-state index in [0.29, 0.717) is 19.6 Å². The van der Waals surface area contributed by atoms with Crippen LogP contribution in [0.2, 0.25) is 0 Å². The average Bonchev–Trinajstić information content (AvgIpc) is 2.98. The lowest BCUT2D eigenvalue weighted by molar-refractivity contribution is -0.146. The van der Waals surface area contributed by atoms with Gasteiger partial charge in [0.1, 0.15) is 6.10 Å². The fraction of sp³-hybridized carbons (Fsp3) is 0.706. The molecular formula is C17H27N5O3. The minimum Gasteiger partial charge on any atom is -0.372 e. The fourth-order valence-corrected chi connectivity index (χ4v) is 3.53. The van der Waals surface area contributed by atoms with Crippen molar-refractivity contribution >= 4 is 17.8 Å². The number of aromatic nitrogens is 2. The highest BCUT2D eigenvalue weighted by atomic mass is 16.5. The van der Waals surface area contributed by atoms with Crippen LogP contribution >= 0.6 is 0 Å². The number of rotatable bonds is 4. The SMILES string of the molecule is COC1CCCCN(CC(=O)N2CCN(c3nccn3C)CC2)C1=O. The van der Waals surface area contributed by atoms with Crippen LogP contribution in [0.1, 0.15) is 19.3 Å². The van der Waals surface area contributed by atoms with Crippen molar-refractivity contribution in [3.05, 3.63) is 12.4 Å². The van der Waals surface area contributed by atoms with Crippen LogP contribution in [0.5, 0.6) is 0 Å². The first-order chi connectivity index (χ1) is 12.1. The van der Waals surface area contributed by atoms with Gasteiger partial charge in [0.05, 0.1) is 6.54 Å². The Morgan fingerprint density at radius 1 is 1.24 bits per heavy atom. The monoisotopic (exact) mass is 349 g/mol. The van der Waals surface area contributed by atoms with Gasteiger partial charge in [-0.25, -0.2) is 4.98 Å². The number of carbonyl (C=O) groups excluding carboxylic acids is 2. The van der Waals surface area contributed by atoms with Crippen molar-refractivity contribution in [2.24, 2.45) is 7.05 Å². The topological polar surface area (TPSA) is 70.9 Å². The predicted octanol–water partition coefficient (Wildman–Crippen LogP) is 0.0962. The van der Waals surface area contributed by atoms with E-state index in [1.165, 1.54) is 0 Å². The molecule has 1 unspecified atom stereocenters. The van der Waals surface area contributed by atoms with Crippen LogP contribution in [0.25, 0.3) is 0 Å². The van der Waals surface area contributed by atoms with Gasteiger partial charge < -0.3 is 24.0 Å². The van der Waals surface area contributed by atoms with Crippen molar-refractivity contribution in [2.75, 3.05) is 51.3 Å². The van der Waals surface area contributed by atoms with E-state index in [1.54, 1.807) is 18.2 Å². The largest absolute Gasteiger partial charge is 0.372 e. The molecule has 0 aliphatic carbocycles. The molecule has 8 nitrogen and oxygen atoms in total. The molecular weight excluding hydrogens is 322 g/mol. The molecule has 1 aromatic heterocycles. The third kappa shape index (κ3) is 3.95. The van der Waals surface area contributed by atoms with E-state index in [4.69, 9.17) is 4.74 Å². The summed E-state index contributed by atoms with van der Waals surface area (Å²) >= 11 is 0. The van der Waals surface area contributed by atoms with Crippen molar-refractivity contribution in [3.63, 3.8) is 0 Å². The molecule has 1 aromatic rings. The van der Waals surface area contributed by atoms with E-state index < -0.39 is 6.10 Å². The second-order valence-corrected chi connectivity index (χ2v) is 6.69. The molecule has 138 valence electrons.